The lowest BCUT2D eigenvalue weighted by Crippen LogP contribution is -2.50. The number of nitrogens with zero attached hydrogens (tertiary/aromatic N) is 2. The standard InChI is InChI=1S/C24H26N2O4S/c1-19-7-11-22(12-8-19)31(28,29)26-17-15-25(16-18-26)24(27)14-10-21-9-13-23(30-21)20-5-3-2-4-6-20/h2-9,11-13H,10,14-18H2,1H3. The topological polar surface area (TPSA) is 70.8 Å². The minimum absolute atomic E-state index is 0.0186. The molecule has 1 fully saturated rings. The van der Waals surface area contributed by atoms with E-state index in [2.05, 4.69) is 0 Å². The monoisotopic (exact) mass is 438 g/mol. The average molecular weight is 439 g/mol. The van der Waals surface area contributed by atoms with E-state index in [-0.39, 0.29) is 5.91 Å². The number of benzene rings is 2. The smallest absolute Gasteiger partial charge is 0.243 e. The number of hydrogen-bond donors (Lipinski definition) is 0. The summed E-state index contributed by atoms with van der Waals surface area (Å²) in [5.41, 5.74) is 2.02. The molecule has 1 aliphatic heterocycles. The summed E-state index contributed by atoms with van der Waals surface area (Å²) in [5.74, 6) is 1.58. The Morgan fingerprint density at radius 3 is 2.26 bits per heavy atom. The molecule has 1 saturated heterocycles. The van der Waals surface area contributed by atoms with E-state index in [1.54, 1.807) is 29.2 Å². The molecular weight excluding hydrogens is 412 g/mol. The number of carbonyl (C=O) groups excluding carboxylic acids is 1. The molecular formula is C24H26N2O4S. The molecule has 0 aliphatic carbocycles. The first-order valence-corrected chi connectivity index (χ1v) is 11.9. The van der Waals surface area contributed by atoms with Crippen LogP contribution in [0.15, 0.2) is 76.0 Å². The lowest BCUT2D eigenvalue weighted by atomic mass is 10.2. The van der Waals surface area contributed by atoms with Crippen molar-refractivity contribution in [1.29, 1.82) is 0 Å². The van der Waals surface area contributed by atoms with E-state index in [1.165, 1.54) is 4.31 Å². The van der Waals surface area contributed by atoms with Gasteiger partial charge in [-0.25, -0.2) is 8.42 Å². The molecule has 162 valence electrons. The van der Waals surface area contributed by atoms with Crippen LogP contribution in [-0.4, -0.2) is 49.7 Å². The van der Waals surface area contributed by atoms with E-state index < -0.39 is 10.0 Å². The number of carbonyl (C=O) groups is 1. The van der Waals surface area contributed by atoms with E-state index in [9.17, 15) is 13.2 Å². The van der Waals surface area contributed by atoms with Crippen molar-refractivity contribution in [2.24, 2.45) is 0 Å². The minimum atomic E-state index is -3.53. The molecule has 2 aromatic carbocycles. The summed E-state index contributed by atoms with van der Waals surface area (Å²) in [7, 11) is -3.53. The number of aryl methyl sites for hydroxylation is 2. The van der Waals surface area contributed by atoms with Gasteiger partial charge in [0.15, 0.2) is 0 Å². The van der Waals surface area contributed by atoms with Gasteiger partial charge in [0.25, 0.3) is 0 Å². The van der Waals surface area contributed by atoms with Gasteiger partial charge in [-0.15, -0.1) is 0 Å². The van der Waals surface area contributed by atoms with Crippen LogP contribution in [0.3, 0.4) is 0 Å². The van der Waals surface area contributed by atoms with E-state index in [1.807, 2.05) is 49.4 Å². The molecule has 1 aromatic heterocycles. The van der Waals surface area contributed by atoms with Crippen molar-refractivity contribution < 1.29 is 17.6 Å². The molecule has 0 radical (unpaired) electrons. The van der Waals surface area contributed by atoms with Crippen LogP contribution in [0, 0.1) is 6.92 Å². The second-order valence-corrected chi connectivity index (χ2v) is 9.67. The van der Waals surface area contributed by atoms with Crippen LogP contribution in [0.1, 0.15) is 17.7 Å². The third-order valence-corrected chi connectivity index (χ3v) is 7.47. The van der Waals surface area contributed by atoms with Crippen LogP contribution < -0.4 is 0 Å². The van der Waals surface area contributed by atoms with Crippen LogP contribution in [0.4, 0.5) is 0 Å². The van der Waals surface area contributed by atoms with Gasteiger partial charge in [-0.2, -0.15) is 4.31 Å². The van der Waals surface area contributed by atoms with Crippen LogP contribution in [0.2, 0.25) is 0 Å². The molecule has 6 nitrogen and oxygen atoms in total. The molecule has 0 N–H and O–H groups in total. The highest BCUT2D eigenvalue weighted by atomic mass is 32.2. The Kier molecular flexibility index (Phi) is 6.25. The van der Waals surface area contributed by atoms with Gasteiger partial charge in [0.2, 0.25) is 15.9 Å². The first-order valence-electron chi connectivity index (χ1n) is 10.4. The Morgan fingerprint density at radius 2 is 1.58 bits per heavy atom. The van der Waals surface area contributed by atoms with E-state index in [0.717, 1.165) is 22.6 Å². The number of amides is 1. The zero-order chi connectivity index (χ0) is 21.8. The normalized spacial score (nSPS) is 15.2. The first-order chi connectivity index (χ1) is 14.9. The Balaban J connectivity index is 1.30. The van der Waals surface area contributed by atoms with Gasteiger partial charge in [-0.3, -0.25) is 4.79 Å². The molecule has 7 heteroatoms. The summed E-state index contributed by atoms with van der Waals surface area (Å²) in [6, 6.07) is 20.5. The quantitative estimate of drug-likeness (QED) is 0.588. The molecule has 4 rings (SSSR count). The molecule has 0 saturated carbocycles. The van der Waals surface area contributed by atoms with Crippen molar-refractivity contribution in [3.8, 4) is 11.3 Å². The van der Waals surface area contributed by atoms with Crippen molar-refractivity contribution in [3.05, 3.63) is 78.1 Å². The van der Waals surface area contributed by atoms with Crippen molar-refractivity contribution >= 4 is 15.9 Å². The van der Waals surface area contributed by atoms with Gasteiger partial charge in [0.1, 0.15) is 11.5 Å². The van der Waals surface area contributed by atoms with Gasteiger partial charge in [-0.05, 0) is 31.2 Å². The zero-order valence-corrected chi connectivity index (χ0v) is 18.3. The number of sulfonamides is 1. The highest BCUT2D eigenvalue weighted by molar-refractivity contribution is 7.89. The minimum Gasteiger partial charge on any atom is -0.461 e. The summed E-state index contributed by atoms with van der Waals surface area (Å²) in [4.78, 5) is 14.7. The molecule has 0 spiro atoms. The SMILES string of the molecule is Cc1ccc(S(=O)(=O)N2CCN(C(=O)CCc3ccc(-c4ccccc4)o3)CC2)cc1. The fourth-order valence-corrected chi connectivity index (χ4v) is 5.12. The third-order valence-electron chi connectivity index (χ3n) is 5.56. The number of piperazine rings is 1. The number of hydrogen-bond acceptors (Lipinski definition) is 4. The van der Waals surface area contributed by atoms with Gasteiger partial charge in [-0.1, -0.05) is 48.0 Å². The van der Waals surface area contributed by atoms with Crippen molar-refractivity contribution in [2.45, 2.75) is 24.7 Å². The molecule has 2 heterocycles. The Hall–Kier alpha value is -2.90. The van der Waals surface area contributed by atoms with Gasteiger partial charge in [0.05, 0.1) is 4.90 Å². The highest BCUT2D eigenvalue weighted by Gasteiger charge is 2.30. The fourth-order valence-electron chi connectivity index (χ4n) is 3.70. The molecule has 31 heavy (non-hydrogen) atoms. The van der Waals surface area contributed by atoms with Crippen LogP contribution in [-0.2, 0) is 21.2 Å². The predicted molar refractivity (Wildman–Crippen MR) is 119 cm³/mol. The summed E-state index contributed by atoms with van der Waals surface area (Å²) < 4.78 is 33.0. The number of rotatable bonds is 6. The second-order valence-electron chi connectivity index (χ2n) is 7.73. The van der Waals surface area contributed by atoms with Crippen molar-refractivity contribution in [1.82, 2.24) is 9.21 Å². The molecule has 0 unspecified atom stereocenters. The molecule has 0 atom stereocenters. The third kappa shape index (κ3) is 4.89. The maximum atomic E-state index is 12.8. The Morgan fingerprint density at radius 1 is 0.903 bits per heavy atom. The van der Waals surface area contributed by atoms with E-state index in [0.29, 0.717) is 43.9 Å². The van der Waals surface area contributed by atoms with Crippen molar-refractivity contribution in [3.63, 3.8) is 0 Å². The molecule has 1 aliphatic rings. The molecule has 1 amide bonds. The second kappa shape index (κ2) is 9.08. The number of furan rings is 1. The van der Waals surface area contributed by atoms with Crippen LogP contribution >= 0.6 is 0 Å². The molecule has 3 aromatic rings. The van der Waals surface area contributed by atoms with Gasteiger partial charge < -0.3 is 9.32 Å². The lowest BCUT2D eigenvalue weighted by Gasteiger charge is -2.34. The zero-order valence-electron chi connectivity index (χ0n) is 17.5. The first kappa shape index (κ1) is 21.3. The maximum absolute atomic E-state index is 12.8. The predicted octanol–water partition coefficient (Wildman–Crippen LogP) is 3.72. The molecule has 0 bridgehead atoms. The van der Waals surface area contributed by atoms with Crippen molar-refractivity contribution in [2.75, 3.05) is 26.2 Å². The Labute approximate surface area is 183 Å². The van der Waals surface area contributed by atoms with E-state index in [4.69, 9.17) is 4.42 Å². The highest BCUT2D eigenvalue weighted by Crippen LogP contribution is 2.23. The lowest BCUT2D eigenvalue weighted by molar-refractivity contribution is -0.132. The average Bonchev–Trinajstić information content (AvgIpc) is 3.27. The maximum Gasteiger partial charge on any atom is 0.243 e. The van der Waals surface area contributed by atoms with Gasteiger partial charge in [0, 0.05) is 44.6 Å². The van der Waals surface area contributed by atoms with E-state index >= 15 is 0 Å². The summed E-state index contributed by atoms with van der Waals surface area (Å²) in [6.45, 7) is 3.34. The Bertz CT molecular complexity index is 1130. The van der Waals surface area contributed by atoms with Crippen LogP contribution in [0.25, 0.3) is 11.3 Å². The summed E-state index contributed by atoms with van der Waals surface area (Å²) in [5, 5.41) is 0. The summed E-state index contributed by atoms with van der Waals surface area (Å²) >= 11 is 0. The van der Waals surface area contributed by atoms with Gasteiger partial charge >= 0.3 is 0 Å². The summed E-state index contributed by atoms with van der Waals surface area (Å²) in [6.07, 6.45) is 0.861. The fraction of sp³-hybridized carbons (Fsp3) is 0.292. The van der Waals surface area contributed by atoms with Crippen LogP contribution in [0.5, 0.6) is 0 Å². The largest absolute Gasteiger partial charge is 0.461 e.